The molecule has 0 unspecified atom stereocenters. The minimum absolute atomic E-state index is 0.206. The van der Waals surface area contributed by atoms with E-state index in [0.29, 0.717) is 0 Å². The van der Waals surface area contributed by atoms with Crippen molar-refractivity contribution < 1.29 is 0 Å². The monoisotopic (exact) mass is 200 g/mol. The van der Waals surface area contributed by atoms with Gasteiger partial charge in [0, 0.05) is 6.54 Å². The number of aliphatic imine (C=N–C) groups is 1. The summed E-state index contributed by atoms with van der Waals surface area (Å²) in [5.41, 5.74) is 10.4. The van der Waals surface area contributed by atoms with Gasteiger partial charge >= 0.3 is 0 Å². The predicted octanol–water partition coefficient (Wildman–Crippen LogP) is 0.820. The van der Waals surface area contributed by atoms with E-state index in [9.17, 15) is 0 Å². The van der Waals surface area contributed by atoms with Crippen molar-refractivity contribution in [1.29, 1.82) is 0 Å². The van der Waals surface area contributed by atoms with E-state index in [1.165, 1.54) is 25.7 Å². The Morgan fingerprint density at radius 1 is 1.07 bits per heavy atom. The van der Waals surface area contributed by atoms with Gasteiger partial charge in [-0.15, -0.1) is 0 Å². The highest BCUT2D eigenvalue weighted by Gasteiger charge is 1.90. The number of nitrogens with one attached hydrogen (secondary N) is 1. The number of hydrogen-bond donors (Lipinski definition) is 3. The summed E-state index contributed by atoms with van der Waals surface area (Å²) in [6.45, 7) is 5.12. The zero-order valence-corrected chi connectivity index (χ0v) is 9.26. The number of nitrogens with zero attached hydrogens (tertiary/aromatic N) is 1. The summed E-state index contributed by atoms with van der Waals surface area (Å²) in [6.07, 6.45) is 6.18. The fourth-order valence-corrected chi connectivity index (χ4v) is 1.28. The molecule has 0 fully saturated rings. The Balaban J connectivity index is 2.96. The second kappa shape index (κ2) is 10.3. The molecule has 0 aromatic heterocycles. The number of rotatable bonds is 9. The first-order valence-electron chi connectivity index (χ1n) is 5.53. The van der Waals surface area contributed by atoms with E-state index >= 15 is 0 Å². The van der Waals surface area contributed by atoms with Gasteiger partial charge in [-0.05, 0) is 25.9 Å². The van der Waals surface area contributed by atoms with Crippen LogP contribution in [-0.4, -0.2) is 25.6 Å². The summed E-state index contributed by atoms with van der Waals surface area (Å²) in [7, 11) is 0. The number of guanidine groups is 1. The van der Waals surface area contributed by atoms with Gasteiger partial charge in [0.1, 0.15) is 0 Å². The lowest BCUT2D eigenvalue weighted by atomic mass is 10.1. The zero-order chi connectivity index (χ0) is 10.6. The van der Waals surface area contributed by atoms with E-state index in [0.717, 1.165) is 26.1 Å². The van der Waals surface area contributed by atoms with E-state index in [1.54, 1.807) is 0 Å². The lowest BCUT2D eigenvalue weighted by molar-refractivity contribution is 0.586. The van der Waals surface area contributed by atoms with Gasteiger partial charge in [-0.3, -0.25) is 4.99 Å². The molecule has 84 valence electrons. The Hall–Kier alpha value is -0.770. The fraction of sp³-hybridized carbons (Fsp3) is 0.900. The Labute approximate surface area is 87.1 Å². The van der Waals surface area contributed by atoms with E-state index in [4.69, 9.17) is 11.5 Å². The van der Waals surface area contributed by atoms with Crippen molar-refractivity contribution in [2.24, 2.45) is 16.5 Å². The Morgan fingerprint density at radius 2 is 1.71 bits per heavy atom. The standard InChI is InChI=1S/C10H24N4/c1-2-13-8-6-4-3-5-7-9-14-10(11)12/h13H,2-9H2,1H3,(H4,11,12,14). The van der Waals surface area contributed by atoms with Crippen molar-refractivity contribution in [3.05, 3.63) is 0 Å². The van der Waals surface area contributed by atoms with Crippen molar-refractivity contribution in [2.45, 2.75) is 39.0 Å². The third-order valence-electron chi connectivity index (χ3n) is 2.06. The molecule has 0 bridgehead atoms. The van der Waals surface area contributed by atoms with Gasteiger partial charge in [0.2, 0.25) is 0 Å². The van der Waals surface area contributed by atoms with Gasteiger partial charge < -0.3 is 16.8 Å². The number of hydrogen-bond acceptors (Lipinski definition) is 2. The van der Waals surface area contributed by atoms with Gasteiger partial charge in [0.05, 0.1) is 0 Å². The van der Waals surface area contributed by atoms with Gasteiger partial charge in [-0.25, -0.2) is 0 Å². The second-order valence-corrected chi connectivity index (χ2v) is 3.43. The summed E-state index contributed by atoms with van der Waals surface area (Å²) in [5, 5.41) is 3.31. The van der Waals surface area contributed by atoms with Crippen LogP contribution in [-0.2, 0) is 0 Å². The maximum Gasteiger partial charge on any atom is 0.185 e. The first-order chi connectivity index (χ1) is 6.77. The lowest BCUT2D eigenvalue weighted by Crippen LogP contribution is -2.22. The summed E-state index contributed by atoms with van der Waals surface area (Å²) < 4.78 is 0. The number of unbranched alkanes of at least 4 members (excludes halogenated alkanes) is 4. The van der Waals surface area contributed by atoms with Crippen LogP contribution < -0.4 is 16.8 Å². The average molecular weight is 200 g/mol. The molecule has 0 saturated heterocycles. The SMILES string of the molecule is CCNCCCCCCCN=C(N)N. The minimum atomic E-state index is 0.206. The van der Waals surface area contributed by atoms with Crippen LogP contribution in [0.1, 0.15) is 39.0 Å². The Kier molecular flexibility index (Phi) is 9.74. The highest BCUT2D eigenvalue weighted by molar-refractivity contribution is 5.75. The summed E-state index contributed by atoms with van der Waals surface area (Å²) in [5.74, 6) is 0.206. The summed E-state index contributed by atoms with van der Waals surface area (Å²) in [4.78, 5) is 3.93. The highest BCUT2D eigenvalue weighted by Crippen LogP contribution is 2.02. The minimum Gasteiger partial charge on any atom is -0.370 e. The van der Waals surface area contributed by atoms with E-state index in [2.05, 4.69) is 17.2 Å². The van der Waals surface area contributed by atoms with Crippen LogP contribution in [0.3, 0.4) is 0 Å². The van der Waals surface area contributed by atoms with Crippen molar-refractivity contribution >= 4 is 5.96 Å². The van der Waals surface area contributed by atoms with Crippen LogP contribution >= 0.6 is 0 Å². The molecule has 4 heteroatoms. The molecule has 0 aromatic rings. The third kappa shape index (κ3) is 11.2. The zero-order valence-electron chi connectivity index (χ0n) is 9.26. The third-order valence-corrected chi connectivity index (χ3v) is 2.06. The van der Waals surface area contributed by atoms with Crippen LogP contribution in [0.25, 0.3) is 0 Å². The van der Waals surface area contributed by atoms with Crippen molar-refractivity contribution in [3.8, 4) is 0 Å². The molecule has 0 aromatic carbocycles. The van der Waals surface area contributed by atoms with Gasteiger partial charge in [0.25, 0.3) is 0 Å². The molecular weight excluding hydrogens is 176 g/mol. The molecule has 0 radical (unpaired) electrons. The molecule has 0 saturated carbocycles. The molecule has 0 spiro atoms. The summed E-state index contributed by atoms with van der Waals surface area (Å²) >= 11 is 0. The first kappa shape index (κ1) is 13.2. The lowest BCUT2D eigenvalue weighted by Gasteiger charge is -2.01. The largest absolute Gasteiger partial charge is 0.370 e. The Morgan fingerprint density at radius 3 is 2.36 bits per heavy atom. The van der Waals surface area contributed by atoms with Crippen LogP contribution in [0.15, 0.2) is 4.99 Å². The molecule has 0 aliphatic carbocycles. The molecule has 4 nitrogen and oxygen atoms in total. The maximum absolute atomic E-state index is 5.21. The smallest absolute Gasteiger partial charge is 0.185 e. The molecule has 0 rings (SSSR count). The average Bonchev–Trinajstić information content (AvgIpc) is 2.15. The van der Waals surface area contributed by atoms with Crippen LogP contribution in [0.5, 0.6) is 0 Å². The molecule has 0 amide bonds. The number of nitrogens with two attached hydrogens (primary N) is 2. The van der Waals surface area contributed by atoms with Crippen molar-refractivity contribution in [3.63, 3.8) is 0 Å². The van der Waals surface area contributed by atoms with Gasteiger partial charge in [0.15, 0.2) is 5.96 Å². The second-order valence-electron chi connectivity index (χ2n) is 3.43. The molecule has 0 aliphatic rings. The fourth-order valence-electron chi connectivity index (χ4n) is 1.28. The van der Waals surface area contributed by atoms with Crippen LogP contribution in [0.2, 0.25) is 0 Å². The van der Waals surface area contributed by atoms with E-state index < -0.39 is 0 Å². The Bertz CT molecular complexity index is 141. The molecule has 0 heterocycles. The molecule has 0 aliphatic heterocycles. The normalized spacial score (nSPS) is 10.1. The maximum atomic E-state index is 5.21. The molecule has 14 heavy (non-hydrogen) atoms. The quantitative estimate of drug-likeness (QED) is 0.293. The topological polar surface area (TPSA) is 76.4 Å². The van der Waals surface area contributed by atoms with Crippen molar-refractivity contribution in [1.82, 2.24) is 5.32 Å². The van der Waals surface area contributed by atoms with E-state index in [1.807, 2.05) is 0 Å². The molecule has 0 atom stereocenters. The van der Waals surface area contributed by atoms with E-state index in [-0.39, 0.29) is 5.96 Å². The van der Waals surface area contributed by atoms with Crippen molar-refractivity contribution in [2.75, 3.05) is 19.6 Å². The first-order valence-corrected chi connectivity index (χ1v) is 5.53. The highest BCUT2D eigenvalue weighted by atomic mass is 15.0. The predicted molar refractivity (Wildman–Crippen MR) is 62.3 cm³/mol. The summed E-state index contributed by atoms with van der Waals surface area (Å²) in [6, 6.07) is 0. The van der Waals surface area contributed by atoms with Gasteiger partial charge in [-0.2, -0.15) is 0 Å². The van der Waals surface area contributed by atoms with Crippen LogP contribution in [0.4, 0.5) is 0 Å². The molecular formula is C10H24N4. The van der Waals surface area contributed by atoms with Crippen LogP contribution in [0, 0.1) is 0 Å². The molecule has 5 N–H and O–H groups in total. The van der Waals surface area contributed by atoms with Gasteiger partial charge in [-0.1, -0.05) is 26.2 Å².